The topological polar surface area (TPSA) is 50.8 Å². The summed E-state index contributed by atoms with van der Waals surface area (Å²) in [4.78, 5) is 15.1. The largest absolute Gasteiger partial charge is 0.486 e. The summed E-state index contributed by atoms with van der Waals surface area (Å²) in [5.74, 6) is 1.99. The predicted octanol–water partition coefficient (Wildman–Crippen LogP) is 1.67. The van der Waals surface area contributed by atoms with Crippen molar-refractivity contribution < 1.29 is 14.3 Å². The van der Waals surface area contributed by atoms with Crippen LogP contribution in [0, 0.1) is 5.92 Å². The summed E-state index contributed by atoms with van der Waals surface area (Å²) in [6.07, 6.45) is 2.38. The molecule has 2 unspecified atom stereocenters. The summed E-state index contributed by atoms with van der Waals surface area (Å²) in [7, 11) is 0. The number of ether oxygens (including phenoxy) is 2. The molecular weight excluding hydrogens is 280 g/mol. The average molecular weight is 302 g/mol. The third-order valence-electron chi connectivity index (χ3n) is 5.28. The van der Waals surface area contributed by atoms with Gasteiger partial charge < -0.3 is 14.8 Å². The zero-order valence-corrected chi connectivity index (χ0v) is 12.9. The highest BCUT2D eigenvalue weighted by Gasteiger charge is 2.40. The van der Waals surface area contributed by atoms with Crippen LogP contribution in [0.15, 0.2) is 18.2 Å². The number of nitrogens with zero attached hydrogens (tertiary/aromatic N) is 1. The van der Waals surface area contributed by atoms with Gasteiger partial charge in [0.1, 0.15) is 13.2 Å². The van der Waals surface area contributed by atoms with E-state index in [4.69, 9.17) is 9.47 Å². The van der Waals surface area contributed by atoms with E-state index in [1.54, 1.807) is 6.07 Å². The van der Waals surface area contributed by atoms with Crippen molar-refractivity contribution in [2.75, 3.05) is 26.3 Å². The second-order valence-electron chi connectivity index (χ2n) is 6.47. The van der Waals surface area contributed by atoms with Crippen LogP contribution in [0.1, 0.15) is 30.1 Å². The van der Waals surface area contributed by atoms with Gasteiger partial charge in [-0.15, -0.1) is 0 Å². The molecule has 4 heterocycles. The molecule has 0 radical (unpaired) electrons. The zero-order chi connectivity index (χ0) is 15.1. The van der Waals surface area contributed by atoms with E-state index < -0.39 is 0 Å². The summed E-state index contributed by atoms with van der Waals surface area (Å²) in [6, 6.07) is 6.10. The first kappa shape index (κ1) is 13.9. The van der Waals surface area contributed by atoms with E-state index in [0.29, 0.717) is 36.5 Å². The maximum Gasteiger partial charge on any atom is 0.251 e. The van der Waals surface area contributed by atoms with Crippen LogP contribution in [0.4, 0.5) is 0 Å². The van der Waals surface area contributed by atoms with Crippen LogP contribution in [0.5, 0.6) is 11.5 Å². The van der Waals surface area contributed by atoms with Gasteiger partial charge >= 0.3 is 0 Å². The van der Waals surface area contributed by atoms with E-state index in [1.165, 1.54) is 25.9 Å². The number of carbonyl (C=O) groups is 1. The van der Waals surface area contributed by atoms with E-state index in [-0.39, 0.29) is 11.9 Å². The minimum atomic E-state index is -0.0115. The van der Waals surface area contributed by atoms with Crippen molar-refractivity contribution in [3.63, 3.8) is 0 Å². The minimum absolute atomic E-state index is 0.0115. The minimum Gasteiger partial charge on any atom is -0.486 e. The predicted molar refractivity (Wildman–Crippen MR) is 82.4 cm³/mol. The Balaban J connectivity index is 1.50. The van der Waals surface area contributed by atoms with Crippen LogP contribution in [-0.4, -0.2) is 49.2 Å². The van der Waals surface area contributed by atoms with E-state index in [1.807, 2.05) is 12.1 Å². The number of rotatable bonds is 2. The molecule has 3 saturated heterocycles. The molecule has 5 heteroatoms. The van der Waals surface area contributed by atoms with Gasteiger partial charge in [0, 0.05) is 17.6 Å². The molecule has 1 aromatic carbocycles. The van der Waals surface area contributed by atoms with Gasteiger partial charge in [-0.25, -0.2) is 0 Å². The fraction of sp³-hybridized carbons (Fsp3) is 0.588. The van der Waals surface area contributed by atoms with Gasteiger partial charge in [0.25, 0.3) is 5.91 Å². The van der Waals surface area contributed by atoms with Gasteiger partial charge in [-0.05, 0) is 57.0 Å². The van der Waals surface area contributed by atoms with E-state index in [2.05, 4.69) is 17.1 Å². The van der Waals surface area contributed by atoms with Crippen molar-refractivity contribution in [2.45, 2.75) is 31.8 Å². The fourth-order valence-electron chi connectivity index (χ4n) is 3.96. The number of hydrogen-bond acceptors (Lipinski definition) is 4. The summed E-state index contributed by atoms with van der Waals surface area (Å²) in [5.41, 5.74) is 0.646. The van der Waals surface area contributed by atoms with Crippen molar-refractivity contribution in [1.82, 2.24) is 10.2 Å². The van der Waals surface area contributed by atoms with Crippen LogP contribution in [-0.2, 0) is 0 Å². The van der Waals surface area contributed by atoms with Gasteiger partial charge in [0.2, 0.25) is 0 Å². The van der Waals surface area contributed by atoms with E-state index >= 15 is 0 Å². The van der Waals surface area contributed by atoms with Gasteiger partial charge in [-0.3, -0.25) is 9.69 Å². The maximum atomic E-state index is 12.6. The SMILES string of the molecule is CC1C(NC(=O)c2ccc3c(c2)OCCO3)C2CCN1CC2. The lowest BCUT2D eigenvalue weighted by Crippen LogP contribution is -2.62. The first-order valence-corrected chi connectivity index (χ1v) is 8.17. The van der Waals surface area contributed by atoms with E-state index in [9.17, 15) is 4.79 Å². The van der Waals surface area contributed by atoms with Crippen molar-refractivity contribution >= 4 is 5.91 Å². The standard InChI is InChI=1S/C17H22N2O3/c1-11-16(12-4-6-19(11)7-5-12)18-17(20)13-2-3-14-15(10-13)22-9-8-21-14/h2-3,10-12,16H,4-9H2,1H3,(H,18,20). The fourth-order valence-corrected chi connectivity index (χ4v) is 3.96. The summed E-state index contributed by atoms with van der Waals surface area (Å²) < 4.78 is 11.1. The Hall–Kier alpha value is -1.75. The smallest absolute Gasteiger partial charge is 0.251 e. The molecule has 0 spiro atoms. The molecule has 2 atom stereocenters. The molecule has 5 nitrogen and oxygen atoms in total. The molecule has 3 fully saturated rings. The Morgan fingerprint density at radius 3 is 2.64 bits per heavy atom. The number of benzene rings is 1. The molecule has 1 N–H and O–H groups in total. The van der Waals surface area contributed by atoms with Crippen LogP contribution in [0.3, 0.4) is 0 Å². The third kappa shape index (κ3) is 2.33. The maximum absolute atomic E-state index is 12.6. The molecule has 0 aliphatic carbocycles. The molecule has 1 aromatic rings. The Bertz CT molecular complexity index is 579. The summed E-state index contributed by atoms with van der Waals surface area (Å²) in [5, 5.41) is 3.25. The first-order valence-electron chi connectivity index (χ1n) is 8.17. The average Bonchev–Trinajstić information content (AvgIpc) is 2.58. The van der Waals surface area contributed by atoms with Crippen LogP contribution < -0.4 is 14.8 Å². The quantitative estimate of drug-likeness (QED) is 0.903. The number of carbonyl (C=O) groups excluding carboxylic acids is 1. The molecule has 4 aliphatic rings. The molecular formula is C17H22N2O3. The van der Waals surface area contributed by atoms with Gasteiger partial charge in [-0.2, -0.15) is 0 Å². The first-order chi connectivity index (χ1) is 10.7. The number of piperidine rings is 3. The molecule has 2 bridgehead atoms. The number of nitrogens with one attached hydrogen (secondary N) is 1. The van der Waals surface area contributed by atoms with Gasteiger partial charge in [0.05, 0.1) is 0 Å². The number of amides is 1. The summed E-state index contributed by atoms with van der Waals surface area (Å²) in [6.45, 7) is 5.66. The Labute approximate surface area is 130 Å². The number of fused-ring (bicyclic) bond motifs is 4. The number of hydrogen-bond donors (Lipinski definition) is 1. The van der Waals surface area contributed by atoms with E-state index in [0.717, 1.165) is 5.75 Å². The molecule has 4 aliphatic heterocycles. The lowest BCUT2D eigenvalue weighted by atomic mass is 9.79. The third-order valence-corrected chi connectivity index (χ3v) is 5.28. The van der Waals surface area contributed by atoms with Crippen LogP contribution in [0.25, 0.3) is 0 Å². The van der Waals surface area contributed by atoms with Crippen molar-refractivity contribution in [3.05, 3.63) is 23.8 Å². The Kier molecular flexibility index (Phi) is 3.45. The second-order valence-corrected chi connectivity index (χ2v) is 6.47. The molecule has 5 rings (SSSR count). The molecule has 0 saturated carbocycles. The Morgan fingerprint density at radius 1 is 1.18 bits per heavy atom. The highest BCUT2D eigenvalue weighted by atomic mass is 16.6. The molecule has 22 heavy (non-hydrogen) atoms. The van der Waals surface area contributed by atoms with Crippen molar-refractivity contribution in [2.24, 2.45) is 5.92 Å². The summed E-state index contributed by atoms with van der Waals surface area (Å²) >= 11 is 0. The zero-order valence-electron chi connectivity index (χ0n) is 12.9. The lowest BCUT2D eigenvalue weighted by Gasteiger charge is -2.49. The van der Waals surface area contributed by atoms with Crippen molar-refractivity contribution in [1.29, 1.82) is 0 Å². The molecule has 0 aromatic heterocycles. The monoisotopic (exact) mass is 302 g/mol. The highest BCUT2D eigenvalue weighted by molar-refractivity contribution is 5.95. The molecule has 118 valence electrons. The van der Waals surface area contributed by atoms with Gasteiger partial charge in [-0.1, -0.05) is 0 Å². The lowest BCUT2D eigenvalue weighted by molar-refractivity contribution is 0.0217. The Morgan fingerprint density at radius 2 is 1.91 bits per heavy atom. The second kappa shape index (κ2) is 5.47. The van der Waals surface area contributed by atoms with Crippen molar-refractivity contribution in [3.8, 4) is 11.5 Å². The highest BCUT2D eigenvalue weighted by Crippen LogP contribution is 2.33. The van der Waals surface area contributed by atoms with Crippen LogP contribution in [0.2, 0.25) is 0 Å². The van der Waals surface area contributed by atoms with Crippen LogP contribution >= 0.6 is 0 Å². The normalized spacial score (nSPS) is 32.6. The van der Waals surface area contributed by atoms with Gasteiger partial charge in [0.15, 0.2) is 11.5 Å². The molecule has 1 amide bonds.